The maximum Gasteiger partial charge on any atom is 0.301 e. The molecule has 9 heteroatoms. The molecule has 3 aromatic rings. The number of carbonyl (C=O) groups excluding carboxylic acids is 2. The van der Waals surface area contributed by atoms with Gasteiger partial charge in [-0.3, -0.25) is 24.6 Å². The first-order valence-corrected chi connectivity index (χ1v) is 10.2. The molecule has 0 unspecified atom stereocenters. The van der Waals surface area contributed by atoms with E-state index in [9.17, 15) is 24.8 Å². The maximum atomic E-state index is 13.0. The van der Waals surface area contributed by atoms with E-state index in [1.807, 2.05) is 6.92 Å². The van der Waals surface area contributed by atoms with Gasteiger partial charge in [-0.05, 0) is 31.5 Å². The van der Waals surface area contributed by atoms with Gasteiger partial charge in [0.25, 0.3) is 11.5 Å². The average Bonchev–Trinajstić information content (AvgIpc) is 3.23. The summed E-state index contributed by atoms with van der Waals surface area (Å²) in [6.45, 7) is 3.66. The van der Waals surface area contributed by atoms with Gasteiger partial charge in [0.15, 0.2) is 5.13 Å². The molecule has 2 aromatic carbocycles. The first-order valence-electron chi connectivity index (χ1n) is 9.34. The fraction of sp³-hybridized carbons (Fsp3) is 0.136. The quantitative estimate of drug-likeness (QED) is 0.215. The minimum Gasteiger partial charge on any atom is -0.507 e. The van der Waals surface area contributed by atoms with Crippen LogP contribution in [0.3, 0.4) is 0 Å². The summed E-state index contributed by atoms with van der Waals surface area (Å²) in [5, 5.41) is 22.3. The number of benzene rings is 2. The van der Waals surface area contributed by atoms with Crippen LogP contribution in [0.4, 0.5) is 10.8 Å². The molecule has 31 heavy (non-hydrogen) atoms. The number of anilines is 1. The van der Waals surface area contributed by atoms with Gasteiger partial charge >= 0.3 is 5.91 Å². The number of nitro benzene ring substituents is 1. The zero-order valence-corrected chi connectivity index (χ0v) is 17.4. The molecule has 2 heterocycles. The van der Waals surface area contributed by atoms with Crippen molar-refractivity contribution in [2.45, 2.75) is 19.9 Å². The van der Waals surface area contributed by atoms with Crippen molar-refractivity contribution in [2.24, 2.45) is 0 Å². The second-order valence-electron chi connectivity index (χ2n) is 7.02. The summed E-state index contributed by atoms with van der Waals surface area (Å²) in [6.07, 6.45) is 0. The number of aryl methyl sites for hydroxylation is 2. The third-order valence-electron chi connectivity index (χ3n) is 5.13. The van der Waals surface area contributed by atoms with Crippen LogP contribution in [0.5, 0.6) is 0 Å². The SMILES string of the molecule is Cc1nc(N2C(=O)C(=O)C(=C(O)c3ccccc3)[C@@H]2c2ccc([N+](=O)[O-])cc2)sc1C. The number of nitrogens with zero attached hydrogens (tertiary/aromatic N) is 3. The van der Waals surface area contributed by atoms with Gasteiger partial charge in [0, 0.05) is 22.6 Å². The summed E-state index contributed by atoms with van der Waals surface area (Å²) in [4.78, 5) is 43.1. The lowest BCUT2D eigenvalue weighted by molar-refractivity contribution is -0.384. The number of carbonyl (C=O) groups is 2. The Kier molecular flexibility index (Phi) is 5.12. The predicted molar refractivity (Wildman–Crippen MR) is 116 cm³/mol. The number of hydrogen-bond donors (Lipinski definition) is 1. The van der Waals surface area contributed by atoms with Crippen LogP contribution < -0.4 is 4.90 Å². The lowest BCUT2D eigenvalue weighted by Crippen LogP contribution is -2.29. The second kappa shape index (κ2) is 7.77. The number of aromatic nitrogens is 1. The fourth-order valence-electron chi connectivity index (χ4n) is 3.43. The van der Waals surface area contributed by atoms with E-state index < -0.39 is 22.7 Å². The standard InChI is InChI=1S/C22H17N3O5S/c1-12-13(2)31-22(23-12)24-18(14-8-10-16(11-9-14)25(29)30)17(20(27)21(24)28)19(26)15-6-4-3-5-7-15/h3-11,18,26H,1-2H3/t18-/m0/s1. The summed E-state index contributed by atoms with van der Waals surface area (Å²) >= 11 is 1.26. The number of aliphatic hydroxyl groups is 1. The van der Waals surface area contributed by atoms with Gasteiger partial charge < -0.3 is 5.11 Å². The summed E-state index contributed by atoms with van der Waals surface area (Å²) in [5.74, 6) is -1.96. The van der Waals surface area contributed by atoms with E-state index in [0.29, 0.717) is 16.3 Å². The first kappa shape index (κ1) is 20.4. The van der Waals surface area contributed by atoms with E-state index >= 15 is 0 Å². The molecule has 1 aromatic heterocycles. The number of hydrogen-bond acceptors (Lipinski definition) is 7. The Hall–Kier alpha value is -3.85. The van der Waals surface area contributed by atoms with E-state index in [1.165, 1.54) is 40.5 Å². The van der Waals surface area contributed by atoms with E-state index in [1.54, 1.807) is 37.3 Å². The number of nitro groups is 1. The molecule has 156 valence electrons. The molecule has 1 aliphatic heterocycles. The Morgan fingerprint density at radius 1 is 1.10 bits per heavy atom. The molecule has 8 nitrogen and oxygen atoms in total. The molecule has 1 saturated heterocycles. The minimum absolute atomic E-state index is 0.0874. The summed E-state index contributed by atoms with van der Waals surface area (Å²) in [7, 11) is 0. The molecule has 4 rings (SSSR count). The molecule has 0 saturated carbocycles. The zero-order valence-electron chi connectivity index (χ0n) is 16.6. The fourth-order valence-corrected chi connectivity index (χ4v) is 4.37. The maximum absolute atomic E-state index is 13.0. The third kappa shape index (κ3) is 3.49. The van der Waals surface area contributed by atoms with Gasteiger partial charge in [0.1, 0.15) is 5.76 Å². The van der Waals surface area contributed by atoms with Crippen LogP contribution in [0.25, 0.3) is 5.76 Å². The third-order valence-corrected chi connectivity index (χ3v) is 6.21. The number of amides is 1. The van der Waals surface area contributed by atoms with E-state index in [0.717, 1.165) is 10.6 Å². The lowest BCUT2D eigenvalue weighted by Gasteiger charge is -2.22. The van der Waals surface area contributed by atoms with E-state index in [-0.39, 0.29) is 17.0 Å². The van der Waals surface area contributed by atoms with E-state index in [4.69, 9.17) is 0 Å². The molecule has 0 bridgehead atoms. The van der Waals surface area contributed by atoms with Crippen LogP contribution in [0, 0.1) is 24.0 Å². The summed E-state index contributed by atoms with van der Waals surface area (Å²) in [5.41, 5.74) is 1.36. The van der Waals surface area contributed by atoms with Crippen LogP contribution in [0.15, 0.2) is 60.2 Å². The number of rotatable bonds is 4. The highest BCUT2D eigenvalue weighted by Crippen LogP contribution is 2.43. The molecule has 1 amide bonds. The number of thiazole rings is 1. The largest absolute Gasteiger partial charge is 0.507 e. The molecule has 0 radical (unpaired) electrons. The Bertz CT molecular complexity index is 1210. The van der Waals surface area contributed by atoms with Crippen molar-refractivity contribution in [1.82, 2.24) is 4.98 Å². The molecule has 1 aliphatic rings. The van der Waals surface area contributed by atoms with Gasteiger partial charge in [0.2, 0.25) is 0 Å². The van der Waals surface area contributed by atoms with Gasteiger partial charge in [-0.1, -0.05) is 30.3 Å². The molecule has 0 spiro atoms. The van der Waals surface area contributed by atoms with Crippen molar-refractivity contribution in [3.63, 3.8) is 0 Å². The highest BCUT2D eigenvalue weighted by molar-refractivity contribution is 7.16. The molecule has 1 atom stereocenters. The Labute approximate surface area is 181 Å². The topological polar surface area (TPSA) is 114 Å². The predicted octanol–water partition coefficient (Wildman–Crippen LogP) is 4.29. The Balaban J connectivity index is 1.94. The number of ketones is 1. The van der Waals surface area contributed by atoms with Crippen molar-refractivity contribution >= 4 is 39.6 Å². The van der Waals surface area contributed by atoms with Crippen molar-refractivity contribution < 1.29 is 19.6 Å². The van der Waals surface area contributed by atoms with Crippen LogP contribution in [0.1, 0.15) is 27.7 Å². The normalized spacial score (nSPS) is 17.9. The van der Waals surface area contributed by atoms with Crippen LogP contribution in [-0.2, 0) is 9.59 Å². The van der Waals surface area contributed by atoms with Gasteiger partial charge in [-0.2, -0.15) is 0 Å². The highest BCUT2D eigenvalue weighted by Gasteiger charge is 2.48. The molecular weight excluding hydrogens is 418 g/mol. The smallest absolute Gasteiger partial charge is 0.301 e. The lowest BCUT2D eigenvalue weighted by atomic mass is 9.95. The van der Waals surface area contributed by atoms with Crippen LogP contribution in [0.2, 0.25) is 0 Å². The van der Waals surface area contributed by atoms with Gasteiger partial charge in [-0.25, -0.2) is 4.98 Å². The van der Waals surface area contributed by atoms with Crippen molar-refractivity contribution in [3.8, 4) is 0 Å². The minimum atomic E-state index is -0.967. The second-order valence-corrected chi connectivity index (χ2v) is 8.20. The number of non-ortho nitro benzene ring substituents is 1. The van der Waals surface area contributed by atoms with Gasteiger partial charge in [-0.15, -0.1) is 11.3 Å². The van der Waals surface area contributed by atoms with Crippen LogP contribution in [-0.4, -0.2) is 26.7 Å². The van der Waals surface area contributed by atoms with Crippen molar-refractivity contribution in [2.75, 3.05) is 4.90 Å². The monoisotopic (exact) mass is 435 g/mol. The molecule has 1 N–H and O–H groups in total. The first-order chi connectivity index (χ1) is 14.8. The van der Waals surface area contributed by atoms with Crippen LogP contribution >= 0.6 is 11.3 Å². The summed E-state index contributed by atoms with van der Waals surface area (Å²) in [6, 6.07) is 13.0. The van der Waals surface area contributed by atoms with E-state index in [2.05, 4.69) is 4.98 Å². The average molecular weight is 435 g/mol. The molecular formula is C22H17N3O5S. The zero-order chi connectivity index (χ0) is 22.3. The Morgan fingerprint density at radius 2 is 1.74 bits per heavy atom. The Morgan fingerprint density at radius 3 is 2.29 bits per heavy atom. The molecule has 0 aliphatic carbocycles. The van der Waals surface area contributed by atoms with Crippen molar-refractivity contribution in [1.29, 1.82) is 0 Å². The molecule has 1 fully saturated rings. The number of aliphatic hydroxyl groups excluding tert-OH is 1. The highest BCUT2D eigenvalue weighted by atomic mass is 32.1. The van der Waals surface area contributed by atoms with Crippen molar-refractivity contribution in [3.05, 3.63) is 92.0 Å². The number of Topliss-reactive ketones (excluding diaryl/α,β-unsaturated/α-hetero) is 1. The summed E-state index contributed by atoms with van der Waals surface area (Å²) < 4.78 is 0. The van der Waals surface area contributed by atoms with Gasteiger partial charge in [0.05, 0.1) is 22.2 Å².